The van der Waals surface area contributed by atoms with E-state index in [0.717, 1.165) is 31.2 Å². The van der Waals surface area contributed by atoms with Crippen molar-refractivity contribution < 1.29 is 9.90 Å². The third kappa shape index (κ3) is 4.77. The van der Waals surface area contributed by atoms with E-state index in [1.54, 1.807) is 5.38 Å². The van der Waals surface area contributed by atoms with Gasteiger partial charge in [-0.25, -0.2) is 4.98 Å². The minimum Gasteiger partial charge on any atom is -0.480 e. The molecular weight excluding hydrogens is 264 g/mol. The number of nitrogens with two attached hydrogens (primary N) is 1. The Labute approximate surface area is 117 Å². The Morgan fingerprint density at radius 2 is 2.21 bits per heavy atom. The van der Waals surface area contributed by atoms with E-state index >= 15 is 0 Å². The zero-order chi connectivity index (χ0) is 14.4. The van der Waals surface area contributed by atoms with E-state index in [9.17, 15) is 4.79 Å². The fourth-order valence-electron chi connectivity index (χ4n) is 1.66. The van der Waals surface area contributed by atoms with Gasteiger partial charge in [-0.2, -0.15) is 0 Å². The van der Waals surface area contributed by atoms with Gasteiger partial charge < -0.3 is 20.6 Å². The van der Waals surface area contributed by atoms with Crippen LogP contribution >= 0.6 is 11.3 Å². The molecule has 0 aliphatic heterocycles. The Morgan fingerprint density at radius 1 is 1.53 bits per heavy atom. The molecule has 0 radical (unpaired) electrons. The monoisotopic (exact) mass is 286 g/mol. The first-order valence-electron chi connectivity index (χ1n) is 6.29. The van der Waals surface area contributed by atoms with Gasteiger partial charge in [0.05, 0.1) is 5.69 Å². The largest absolute Gasteiger partial charge is 0.480 e. The van der Waals surface area contributed by atoms with Crippen molar-refractivity contribution in [2.45, 2.75) is 19.4 Å². The molecule has 0 spiro atoms. The lowest BCUT2D eigenvalue weighted by Crippen LogP contribution is -2.27. The molecule has 0 amide bonds. The van der Waals surface area contributed by atoms with Crippen molar-refractivity contribution in [1.82, 2.24) is 9.88 Å². The highest BCUT2D eigenvalue weighted by Crippen LogP contribution is 2.23. The van der Waals surface area contributed by atoms with Crippen molar-refractivity contribution in [2.75, 3.05) is 38.6 Å². The molecular formula is C12H22N4O2S. The minimum absolute atomic E-state index is 0.429. The summed E-state index contributed by atoms with van der Waals surface area (Å²) in [6.45, 7) is 4.84. The van der Waals surface area contributed by atoms with Crippen molar-refractivity contribution in [3.63, 3.8) is 0 Å². The fraction of sp³-hybridized carbons (Fsp3) is 0.667. The van der Waals surface area contributed by atoms with Crippen molar-refractivity contribution in [1.29, 1.82) is 0 Å². The Kier molecular flexibility index (Phi) is 6.20. The molecule has 1 unspecified atom stereocenters. The topological polar surface area (TPSA) is 82.7 Å². The van der Waals surface area contributed by atoms with Crippen molar-refractivity contribution >= 4 is 22.4 Å². The van der Waals surface area contributed by atoms with Crippen LogP contribution in [-0.4, -0.2) is 54.7 Å². The van der Waals surface area contributed by atoms with Crippen LogP contribution in [0.5, 0.6) is 0 Å². The average molecular weight is 286 g/mol. The maximum atomic E-state index is 10.8. The summed E-state index contributed by atoms with van der Waals surface area (Å²) in [5.74, 6) is -1.05. The molecule has 108 valence electrons. The van der Waals surface area contributed by atoms with Crippen LogP contribution in [0.4, 0.5) is 5.13 Å². The number of aliphatic carboxylic acids is 1. The molecule has 1 heterocycles. The molecule has 1 atom stereocenters. The second-order valence-electron chi connectivity index (χ2n) is 4.61. The maximum Gasteiger partial charge on any atom is 0.326 e. The SMILES string of the molecule is CCN(CCCN(C)C)c1nc(C(N)C(=O)O)cs1. The molecule has 19 heavy (non-hydrogen) atoms. The van der Waals surface area contributed by atoms with Gasteiger partial charge in [-0.3, -0.25) is 4.79 Å². The van der Waals surface area contributed by atoms with Gasteiger partial charge >= 0.3 is 5.97 Å². The van der Waals surface area contributed by atoms with Gasteiger partial charge in [-0.1, -0.05) is 0 Å². The summed E-state index contributed by atoms with van der Waals surface area (Å²) < 4.78 is 0. The molecule has 1 rings (SSSR count). The standard InChI is InChI=1S/C12H22N4O2S/c1-4-16(7-5-6-15(2)3)12-14-9(8-19-12)10(13)11(17)18/h8,10H,4-7,13H2,1-3H3,(H,17,18). The number of anilines is 1. The van der Waals surface area contributed by atoms with E-state index < -0.39 is 12.0 Å². The lowest BCUT2D eigenvalue weighted by molar-refractivity contribution is -0.138. The molecule has 0 aromatic carbocycles. The lowest BCUT2D eigenvalue weighted by atomic mass is 10.2. The highest BCUT2D eigenvalue weighted by Gasteiger charge is 2.19. The molecule has 6 nitrogen and oxygen atoms in total. The fourth-order valence-corrected chi connectivity index (χ4v) is 2.61. The summed E-state index contributed by atoms with van der Waals surface area (Å²) in [7, 11) is 4.09. The van der Waals surface area contributed by atoms with Crippen LogP contribution in [0, 0.1) is 0 Å². The van der Waals surface area contributed by atoms with Gasteiger partial charge in [0.25, 0.3) is 0 Å². The third-order valence-electron chi connectivity index (χ3n) is 2.78. The van der Waals surface area contributed by atoms with Crippen LogP contribution < -0.4 is 10.6 Å². The summed E-state index contributed by atoms with van der Waals surface area (Å²) in [5.41, 5.74) is 5.98. The number of carbonyl (C=O) groups is 1. The number of carboxylic acids is 1. The number of hydrogen-bond acceptors (Lipinski definition) is 6. The first-order chi connectivity index (χ1) is 8.95. The van der Waals surface area contributed by atoms with Crippen LogP contribution in [0.3, 0.4) is 0 Å². The molecule has 7 heteroatoms. The van der Waals surface area contributed by atoms with Crippen molar-refractivity contribution in [2.24, 2.45) is 5.73 Å². The number of thiazole rings is 1. The first-order valence-corrected chi connectivity index (χ1v) is 7.17. The number of nitrogens with zero attached hydrogens (tertiary/aromatic N) is 3. The van der Waals surface area contributed by atoms with E-state index in [1.807, 2.05) is 14.1 Å². The van der Waals surface area contributed by atoms with Gasteiger partial charge in [0.2, 0.25) is 0 Å². The molecule has 1 aromatic heterocycles. The summed E-state index contributed by atoms with van der Waals surface area (Å²) >= 11 is 1.44. The summed E-state index contributed by atoms with van der Waals surface area (Å²) in [4.78, 5) is 19.4. The summed E-state index contributed by atoms with van der Waals surface area (Å²) in [6, 6.07) is -1.04. The van der Waals surface area contributed by atoms with Crippen LogP contribution in [0.15, 0.2) is 5.38 Å². The Morgan fingerprint density at radius 3 is 2.74 bits per heavy atom. The van der Waals surface area contributed by atoms with Crippen LogP contribution in [0.2, 0.25) is 0 Å². The smallest absolute Gasteiger partial charge is 0.326 e. The molecule has 0 saturated carbocycles. The lowest BCUT2D eigenvalue weighted by Gasteiger charge is -2.20. The van der Waals surface area contributed by atoms with Gasteiger partial charge in [0, 0.05) is 18.5 Å². The van der Waals surface area contributed by atoms with Gasteiger partial charge in [-0.05, 0) is 34.0 Å². The van der Waals surface area contributed by atoms with Crippen LogP contribution in [0.25, 0.3) is 0 Å². The second kappa shape index (κ2) is 7.42. The highest BCUT2D eigenvalue weighted by molar-refractivity contribution is 7.13. The first kappa shape index (κ1) is 15.9. The predicted octanol–water partition coefficient (Wildman–Crippen LogP) is 1.01. The quantitative estimate of drug-likeness (QED) is 0.742. The maximum absolute atomic E-state index is 10.8. The number of carboxylic acid groups (broad SMARTS) is 1. The number of rotatable bonds is 8. The van der Waals surface area contributed by atoms with Gasteiger partial charge in [0.1, 0.15) is 6.04 Å². The zero-order valence-electron chi connectivity index (χ0n) is 11.7. The normalized spacial score (nSPS) is 12.7. The number of hydrogen-bond donors (Lipinski definition) is 2. The van der Waals surface area contributed by atoms with E-state index in [-0.39, 0.29) is 0 Å². The van der Waals surface area contributed by atoms with Crippen LogP contribution in [-0.2, 0) is 4.79 Å². The third-order valence-corrected chi connectivity index (χ3v) is 3.70. The Bertz CT molecular complexity index is 408. The predicted molar refractivity (Wildman–Crippen MR) is 77.7 cm³/mol. The Hall–Kier alpha value is -1.18. The van der Waals surface area contributed by atoms with Crippen LogP contribution in [0.1, 0.15) is 25.1 Å². The summed E-state index contributed by atoms with van der Waals surface area (Å²) in [5, 5.41) is 11.4. The molecule has 0 aliphatic carbocycles. The minimum atomic E-state index is -1.05. The number of aromatic nitrogens is 1. The molecule has 0 saturated heterocycles. The molecule has 0 aliphatic rings. The van der Waals surface area contributed by atoms with E-state index in [4.69, 9.17) is 10.8 Å². The summed E-state index contributed by atoms with van der Waals surface area (Å²) in [6.07, 6.45) is 1.04. The average Bonchev–Trinajstić information content (AvgIpc) is 2.82. The van der Waals surface area contributed by atoms with Gasteiger partial charge in [0.15, 0.2) is 5.13 Å². The second-order valence-corrected chi connectivity index (χ2v) is 5.44. The molecule has 0 fully saturated rings. The molecule has 1 aromatic rings. The van der Waals surface area contributed by atoms with Crippen molar-refractivity contribution in [3.05, 3.63) is 11.1 Å². The van der Waals surface area contributed by atoms with Gasteiger partial charge in [-0.15, -0.1) is 11.3 Å². The molecule has 3 N–H and O–H groups in total. The highest BCUT2D eigenvalue weighted by atomic mass is 32.1. The Balaban J connectivity index is 2.64. The van der Waals surface area contributed by atoms with Crippen molar-refractivity contribution in [3.8, 4) is 0 Å². The van der Waals surface area contributed by atoms with E-state index in [2.05, 4.69) is 21.7 Å². The van der Waals surface area contributed by atoms with E-state index in [1.165, 1.54) is 11.3 Å². The molecule has 0 bridgehead atoms. The van der Waals surface area contributed by atoms with E-state index in [0.29, 0.717) is 5.69 Å². The zero-order valence-corrected chi connectivity index (χ0v) is 12.5.